The zero-order chi connectivity index (χ0) is 11.3. The molecule has 16 heavy (non-hydrogen) atoms. The number of carbonyl (C=O) groups is 1. The number of rotatable bonds is 2. The number of likely N-dealkylation sites (tertiary alicyclic amines) is 1. The summed E-state index contributed by atoms with van der Waals surface area (Å²) in [7, 11) is 0. The third kappa shape index (κ3) is 1.58. The monoisotopic (exact) mass is 284 g/mol. The first-order valence-corrected chi connectivity index (χ1v) is 6.23. The number of nitrogens with zero attached hydrogens (tertiary/aromatic N) is 1. The van der Waals surface area contributed by atoms with Gasteiger partial charge < -0.3 is 15.0 Å². The van der Waals surface area contributed by atoms with Gasteiger partial charge in [-0.15, -0.1) is 0 Å². The van der Waals surface area contributed by atoms with Crippen LogP contribution in [0.3, 0.4) is 0 Å². The molecular formula is C11H13BrN2O2. The number of amides is 1. The van der Waals surface area contributed by atoms with Gasteiger partial charge in [-0.05, 0) is 40.8 Å². The van der Waals surface area contributed by atoms with Crippen LogP contribution < -0.4 is 0 Å². The highest BCUT2D eigenvalue weighted by atomic mass is 79.9. The van der Waals surface area contributed by atoms with Crippen molar-refractivity contribution in [2.75, 3.05) is 13.1 Å². The van der Waals surface area contributed by atoms with Crippen LogP contribution in [0.2, 0.25) is 0 Å². The number of aromatic nitrogens is 1. The molecule has 2 heterocycles. The van der Waals surface area contributed by atoms with Crippen LogP contribution in [0.4, 0.5) is 0 Å². The van der Waals surface area contributed by atoms with Gasteiger partial charge in [0, 0.05) is 10.7 Å². The fourth-order valence-electron chi connectivity index (χ4n) is 2.30. The van der Waals surface area contributed by atoms with Gasteiger partial charge in [0.05, 0.1) is 13.1 Å². The molecule has 0 spiro atoms. The Balaban J connectivity index is 1.66. The largest absolute Gasteiger partial charge is 0.386 e. The summed E-state index contributed by atoms with van der Waals surface area (Å²) in [6.45, 7) is 0.959. The number of aromatic amines is 1. The quantitative estimate of drug-likeness (QED) is 0.862. The molecule has 0 atom stereocenters. The first kappa shape index (κ1) is 10.4. The van der Waals surface area contributed by atoms with Gasteiger partial charge in [0.1, 0.15) is 11.3 Å². The Morgan fingerprint density at radius 2 is 2.25 bits per heavy atom. The molecular weight excluding hydrogens is 272 g/mol. The highest BCUT2D eigenvalue weighted by Gasteiger charge is 2.53. The van der Waals surface area contributed by atoms with Crippen molar-refractivity contribution < 1.29 is 9.90 Å². The number of aliphatic hydroxyl groups is 1. The first-order chi connectivity index (χ1) is 7.58. The van der Waals surface area contributed by atoms with E-state index in [0.717, 1.165) is 17.3 Å². The number of β-amino-alcohol motifs (C(OH)–C–C–N with tert-alkyl or cyclic N) is 1. The molecule has 1 aromatic rings. The summed E-state index contributed by atoms with van der Waals surface area (Å²) >= 11 is 3.29. The molecule has 4 nitrogen and oxygen atoms in total. The van der Waals surface area contributed by atoms with Gasteiger partial charge in [-0.1, -0.05) is 0 Å². The van der Waals surface area contributed by atoms with E-state index in [1.54, 1.807) is 17.2 Å². The molecule has 2 N–H and O–H groups in total. The number of halogens is 1. The van der Waals surface area contributed by atoms with Crippen LogP contribution in [0.15, 0.2) is 16.7 Å². The number of hydrogen-bond donors (Lipinski definition) is 2. The van der Waals surface area contributed by atoms with Gasteiger partial charge >= 0.3 is 0 Å². The second-order valence-corrected chi connectivity index (χ2v) is 5.69. The van der Waals surface area contributed by atoms with Crippen LogP contribution in [0, 0.1) is 5.92 Å². The Kier molecular flexibility index (Phi) is 2.16. The summed E-state index contributed by atoms with van der Waals surface area (Å²) < 4.78 is 0.869. The second kappa shape index (κ2) is 3.34. The average molecular weight is 285 g/mol. The maximum atomic E-state index is 11.9. The normalized spacial score (nSPS) is 23.0. The van der Waals surface area contributed by atoms with Gasteiger partial charge in [0.2, 0.25) is 0 Å². The van der Waals surface area contributed by atoms with Crippen LogP contribution >= 0.6 is 15.9 Å². The summed E-state index contributed by atoms with van der Waals surface area (Å²) in [5.41, 5.74) is -0.0239. The predicted molar refractivity (Wildman–Crippen MR) is 62.1 cm³/mol. The molecule has 5 heteroatoms. The lowest BCUT2D eigenvalue weighted by molar-refractivity contribution is -0.0959. The average Bonchev–Trinajstić information content (AvgIpc) is 2.96. The van der Waals surface area contributed by atoms with Crippen molar-refractivity contribution in [2.45, 2.75) is 18.4 Å². The highest BCUT2D eigenvalue weighted by molar-refractivity contribution is 9.10. The molecule has 86 valence electrons. The molecule has 2 fully saturated rings. The first-order valence-electron chi connectivity index (χ1n) is 5.44. The maximum absolute atomic E-state index is 11.9. The minimum Gasteiger partial charge on any atom is -0.386 e. The van der Waals surface area contributed by atoms with E-state index in [0.29, 0.717) is 24.7 Å². The van der Waals surface area contributed by atoms with Crippen molar-refractivity contribution in [2.24, 2.45) is 5.92 Å². The van der Waals surface area contributed by atoms with Crippen LogP contribution in [-0.2, 0) is 0 Å². The Hall–Kier alpha value is -0.810. The molecule has 1 saturated heterocycles. The number of hydrogen-bond acceptors (Lipinski definition) is 2. The molecule has 1 aliphatic carbocycles. The number of H-pyrrole nitrogens is 1. The van der Waals surface area contributed by atoms with Gasteiger partial charge in [0.25, 0.3) is 5.91 Å². The number of nitrogens with one attached hydrogen (secondary N) is 1. The third-order valence-corrected chi connectivity index (χ3v) is 3.89. The van der Waals surface area contributed by atoms with Crippen molar-refractivity contribution >= 4 is 21.8 Å². The minimum absolute atomic E-state index is 0.0315. The van der Waals surface area contributed by atoms with Crippen molar-refractivity contribution in [3.05, 3.63) is 22.4 Å². The summed E-state index contributed by atoms with van der Waals surface area (Å²) in [6.07, 6.45) is 3.94. The topological polar surface area (TPSA) is 56.3 Å². The molecule has 1 aliphatic heterocycles. The lowest BCUT2D eigenvalue weighted by Crippen LogP contribution is -2.64. The maximum Gasteiger partial charge on any atom is 0.270 e. The molecule has 2 aliphatic rings. The smallest absolute Gasteiger partial charge is 0.270 e. The van der Waals surface area contributed by atoms with E-state index >= 15 is 0 Å². The molecule has 0 bridgehead atoms. The lowest BCUT2D eigenvalue weighted by Gasteiger charge is -2.46. The predicted octanol–water partition coefficient (Wildman–Crippen LogP) is 1.37. The van der Waals surface area contributed by atoms with Crippen molar-refractivity contribution in [1.82, 2.24) is 9.88 Å². The zero-order valence-electron chi connectivity index (χ0n) is 8.74. The fraction of sp³-hybridized carbons (Fsp3) is 0.545. The van der Waals surface area contributed by atoms with Gasteiger partial charge in [-0.25, -0.2) is 0 Å². The molecule has 0 aromatic carbocycles. The van der Waals surface area contributed by atoms with E-state index in [9.17, 15) is 9.90 Å². The second-order valence-electron chi connectivity index (χ2n) is 4.77. The van der Waals surface area contributed by atoms with Crippen LogP contribution in [-0.4, -0.2) is 39.6 Å². The molecule has 1 saturated carbocycles. The molecule has 0 unspecified atom stereocenters. The van der Waals surface area contributed by atoms with Crippen LogP contribution in [0.5, 0.6) is 0 Å². The standard InChI is InChI=1S/C11H13BrN2O2/c12-8-3-9(13-4-8)10(15)14-5-11(16,6-14)7-1-2-7/h3-4,7,13,16H,1-2,5-6H2. The molecule has 0 radical (unpaired) electrons. The van der Waals surface area contributed by atoms with E-state index in [1.165, 1.54) is 0 Å². The Bertz CT molecular complexity index is 433. The highest BCUT2D eigenvalue weighted by Crippen LogP contribution is 2.44. The van der Waals surface area contributed by atoms with E-state index in [1.807, 2.05) is 0 Å². The Labute approximate surface area is 102 Å². The van der Waals surface area contributed by atoms with E-state index in [4.69, 9.17) is 0 Å². The Morgan fingerprint density at radius 1 is 1.56 bits per heavy atom. The van der Waals surface area contributed by atoms with Crippen LogP contribution in [0.25, 0.3) is 0 Å². The third-order valence-electron chi connectivity index (χ3n) is 3.43. The lowest BCUT2D eigenvalue weighted by atomic mass is 9.88. The van der Waals surface area contributed by atoms with Crippen molar-refractivity contribution in [1.29, 1.82) is 0 Å². The van der Waals surface area contributed by atoms with Crippen molar-refractivity contribution in [3.63, 3.8) is 0 Å². The molecule has 3 rings (SSSR count). The molecule has 1 aromatic heterocycles. The summed E-state index contributed by atoms with van der Waals surface area (Å²) in [5.74, 6) is 0.392. The number of carbonyl (C=O) groups excluding carboxylic acids is 1. The summed E-state index contributed by atoms with van der Waals surface area (Å²) in [5, 5.41) is 10.1. The van der Waals surface area contributed by atoms with Crippen molar-refractivity contribution in [3.8, 4) is 0 Å². The van der Waals surface area contributed by atoms with Crippen LogP contribution in [0.1, 0.15) is 23.3 Å². The van der Waals surface area contributed by atoms with E-state index < -0.39 is 5.60 Å². The van der Waals surface area contributed by atoms with E-state index in [-0.39, 0.29) is 5.91 Å². The minimum atomic E-state index is -0.598. The van der Waals surface area contributed by atoms with Gasteiger partial charge in [-0.3, -0.25) is 4.79 Å². The SMILES string of the molecule is O=C(c1cc(Br)c[nH]1)N1CC(O)(C2CC2)C1. The van der Waals surface area contributed by atoms with E-state index in [2.05, 4.69) is 20.9 Å². The Morgan fingerprint density at radius 3 is 2.75 bits per heavy atom. The van der Waals surface area contributed by atoms with Gasteiger partial charge in [-0.2, -0.15) is 0 Å². The summed E-state index contributed by atoms with van der Waals surface area (Å²) in [6, 6.07) is 1.76. The zero-order valence-corrected chi connectivity index (χ0v) is 10.3. The van der Waals surface area contributed by atoms with Gasteiger partial charge in [0.15, 0.2) is 0 Å². The fourth-order valence-corrected chi connectivity index (χ4v) is 2.64. The molecule has 1 amide bonds. The summed E-state index contributed by atoms with van der Waals surface area (Å²) in [4.78, 5) is 16.5.